The van der Waals surface area contributed by atoms with Crippen LogP contribution in [-0.2, 0) is 13.6 Å². The van der Waals surface area contributed by atoms with E-state index in [-0.39, 0.29) is 5.91 Å². The van der Waals surface area contributed by atoms with Gasteiger partial charge in [-0.2, -0.15) is 5.10 Å². The van der Waals surface area contributed by atoms with E-state index in [4.69, 9.17) is 5.73 Å². The van der Waals surface area contributed by atoms with Crippen molar-refractivity contribution in [2.45, 2.75) is 26.8 Å². The first-order chi connectivity index (χ1) is 10.0. The van der Waals surface area contributed by atoms with E-state index in [0.717, 1.165) is 17.7 Å². The molecule has 112 valence electrons. The highest BCUT2D eigenvalue weighted by Crippen LogP contribution is 2.16. The number of nitrogen functional groups attached to an aromatic ring is 1. The molecule has 1 amide bonds. The summed E-state index contributed by atoms with van der Waals surface area (Å²) in [5.41, 5.74) is 9.12. The van der Waals surface area contributed by atoms with Gasteiger partial charge < -0.3 is 10.6 Å². The molecule has 0 spiro atoms. The van der Waals surface area contributed by atoms with Gasteiger partial charge in [0.2, 0.25) is 0 Å². The summed E-state index contributed by atoms with van der Waals surface area (Å²) in [5, 5.41) is 4.24. The highest BCUT2D eigenvalue weighted by molar-refractivity contribution is 5.92. The van der Waals surface area contributed by atoms with E-state index in [1.807, 2.05) is 42.2 Å². The third-order valence-electron chi connectivity index (χ3n) is 3.42. The fourth-order valence-electron chi connectivity index (χ4n) is 2.38. The van der Waals surface area contributed by atoms with Crippen LogP contribution in [0.4, 0.5) is 5.69 Å². The summed E-state index contributed by atoms with van der Waals surface area (Å²) in [4.78, 5) is 14.5. The van der Waals surface area contributed by atoms with Gasteiger partial charge in [0.15, 0.2) is 0 Å². The monoisotopic (exact) mass is 286 g/mol. The Morgan fingerprint density at radius 2 is 2.10 bits per heavy atom. The first-order valence-electron chi connectivity index (χ1n) is 7.16. The molecule has 0 saturated carbocycles. The van der Waals surface area contributed by atoms with Gasteiger partial charge in [-0.3, -0.25) is 9.48 Å². The van der Waals surface area contributed by atoms with Crippen LogP contribution in [-0.4, -0.2) is 27.1 Å². The lowest BCUT2D eigenvalue weighted by molar-refractivity contribution is 0.0732. The minimum absolute atomic E-state index is 0.0109. The van der Waals surface area contributed by atoms with Gasteiger partial charge in [-0.25, -0.2) is 0 Å². The van der Waals surface area contributed by atoms with E-state index in [0.29, 0.717) is 24.5 Å². The Labute approximate surface area is 125 Å². The minimum atomic E-state index is -0.0109. The molecular weight excluding hydrogens is 264 g/mol. The Balaban J connectivity index is 2.24. The lowest BCUT2D eigenvalue weighted by Gasteiger charge is -2.23. The molecule has 21 heavy (non-hydrogen) atoms. The van der Waals surface area contributed by atoms with Crippen LogP contribution in [0.25, 0.3) is 0 Å². The fraction of sp³-hybridized carbons (Fsp3) is 0.375. The molecule has 0 atom stereocenters. The number of carbonyl (C=O) groups is 1. The zero-order valence-electron chi connectivity index (χ0n) is 12.8. The number of aromatic nitrogens is 2. The summed E-state index contributed by atoms with van der Waals surface area (Å²) in [5.74, 6) is -0.0109. The number of benzene rings is 1. The molecule has 0 saturated heterocycles. The third kappa shape index (κ3) is 3.42. The second-order valence-electron chi connectivity index (χ2n) is 5.22. The van der Waals surface area contributed by atoms with Crippen LogP contribution >= 0.6 is 0 Å². The van der Waals surface area contributed by atoms with Gasteiger partial charge in [-0.15, -0.1) is 0 Å². The normalized spacial score (nSPS) is 10.6. The Morgan fingerprint density at radius 1 is 1.38 bits per heavy atom. The number of hydrogen-bond acceptors (Lipinski definition) is 3. The SMILES string of the molecule is CCCN(Cc1ccccc1N)C(=O)c1cc(C)nn1C. The smallest absolute Gasteiger partial charge is 0.272 e. The first-order valence-corrected chi connectivity index (χ1v) is 7.16. The van der Waals surface area contributed by atoms with E-state index >= 15 is 0 Å². The van der Waals surface area contributed by atoms with Crippen molar-refractivity contribution in [3.8, 4) is 0 Å². The van der Waals surface area contributed by atoms with E-state index in [1.165, 1.54) is 0 Å². The predicted octanol–water partition coefficient (Wildman–Crippen LogP) is 2.36. The number of para-hydroxylation sites is 1. The molecule has 0 unspecified atom stereocenters. The molecule has 2 N–H and O–H groups in total. The molecule has 0 bridgehead atoms. The summed E-state index contributed by atoms with van der Waals surface area (Å²) in [6.07, 6.45) is 0.898. The second-order valence-corrected chi connectivity index (χ2v) is 5.22. The minimum Gasteiger partial charge on any atom is -0.398 e. The van der Waals surface area contributed by atoms with E-state index in [1.54, 1.807) is 11.7 Å². The molecule has 0 aliphatic heterocycles. The average Bonchev–Trinajstić information content (AvgIpc) is 2.79. The van der Waals surface area contributed by atoms with Crippen LogP contribution in [0.1, 0.15) is 35.1 Å². The molecule has 1 aromatic carbocycles. The highest BCUT2D eigenvalue weighted by atomic mass is 16.2. The molecule has 1 heterocycles. The molecular formula is C16H22N4O. The van der Waals surface area contributed by atoms with Crippen molar-refractivity contribution in [1.82, 2.24) is 14.7 Å². The van der Waals surface area contributed by atoms with Gasteiger partial charge in [0.1, 0.15) is 5.69 Å². The first kappa shape index (κ1) is 15.1. The number of carbonyl (C=O) groups excluding carboxylic acids is 1. The van der Waals surface area contributed by atoms with Gasteiger partial charge in [0.25, 0.3) is 5.91 Å². The number of hydrogen-bond donors (Lipinski definition) is 1. The summed E-state index contributed by atoms with van der Waals surface area (Å²) in [6, 6.07) is 9.47. The van der Waals surface area contributed by atoms with Gasteiger partial charge in [-0.1, -0.05) is 25.1 Å². The standard InChI is InChI=1S/C16H22N4O/c1-4-9-20(11-13-7-5-6-8-14(13)17)16(21)15-10-12(2)18-19(15)3/h5-8,10H,4,9,11,17H2,1-3H3. The molecule has 1 aromatic heterocycles. The zero-order chi connectivity index (χ0) is 15.4. The summed E-state index contributed by atoms with van der Waals surface area (Å²) >= 11 is 0. The second kappa shape index (κ2) is 6.43. The quantitative estimate of drug-likeness (QED) is 0.858. The maximum atomic E-state index is 12.7. The zero-order valence-corrected chi connectivity index (χ0v) is 12.8. The largest absolute Gasteiger partial charge is 0.398 e. The van der Waals surface area contributed by atoms with Crippen molar-refractivity contribution < 1.29 is 4.79 Å². The highest BCUT2D eigenvalue weighted by Gasteiger charge is 2.19. The Kier molecular flexibility index (Phi) is 4.62. The molecule has 2 rings (SSSR count). The topological polar surface area (TPSA) is 64.2 Å². The lowest BCUT2D eigenvalue weighted by atomic mass is 10.1. The number of nitrogens with two attached hydrogens (primary N) is 1. The van der Waals surface area contributed by atoms with Crippen LogP contribution in [0.3, 0.4) is 0 Å². The van der Waals surface area contributed by atoms with Crippen molar-refractivity contribution in [2.75, 3.05) is 12.3 Å². The van der Waals surface area contributed by atoms with E-state index in [2.05, 4.69) is 12.0 Å². The molecule has 5 nitrogen and oxygen atoms in total. The molecule has 5 heteroatoms. The van der Waals surface area contributed by atoms with Crippen LogP contribution in [0, 0.1) is 6.92 Å². The maximum absolute atomic E-state index is 12.7. The molecule has 0 aliphatic carbocycles. The number of nitrogens with zero attached hydrogens (tertiary/aromatic N) is 3. The number of rotatable bonds is 5. The number of amides is 1. The van der Waals surface area contributed by atoms with Gasteiger partial charge in [-0.05, 0) is 31.0 Å². The summed E-state index contributed by atoms with van der Waals surface area (Å²) in [6.45, 7) is 5.15. The van der Waals surface area contributed by atoms with Crippen LogP contribution < -0.4 is 5.73 Å². The van der Waals surface area contributed by atoms with Crippen molar-refractivity contribution in [3.63, 3.8) is 0 Å². The van der Waals surface area contributed by atoms with Crippen LogP contribution in [0.2, 0.25) is 0 Å². The maximum Gasteiger partial charge on any atom is 0.272 e. The Morgan fingerprint density at radius 3 is 2.67 bits per heavy atom. The molecule has 2 aromatic rings. The van der Waals surface area contributed by atoms with Gasteiger partial charge >= 0.3 is 0 Å². The van der Waals surface area contributed by atoms with Crippen LogP contribution in [0.5, 0.6) is 0 Å². The molecule has 0 radical (unpaired) electrons. The number of aryl methyl sites for hydroxylation is 2. The third-order valence-corrected chi connectivity index (χ3v) is 3.42. The molecule has 0 aliphatic rings. The number of anilines is 1. The van der Waals surface area contributed by atoms with Crippen molar-refractivity contribution in [1.29, 1.82) is 0 Å². The van der Waals surface area contributed by atoms with Crippen molar-refractivity contribution in [3.05, 3.63) is 47.3 Å². The Bertz CT molecular complexity index is 633. The van der Waals surface area contributed by atoms with Crippen molar-refractivity contribution in [2.24, 2.45) is 7.05 Å². The molecule has 0 fully saturated rings. The van der Waals surface area contributed by atoms with Gasteiger partial charge in [0.05, 0.1) is 5.69 Å². The fourth-order valence-corrected chi connectivity index (χ4v) is 2.38. The van der Waals surface area contributed by atoms with Gasteiger partial charge in [0, 0.05) is 25.8 Å². The van der Waals surface area contributed by atoms with E-state index in [9.17, 15) is 4.79 Å². The van der Waals surface area contributed by atoms with Crippen LogP contribution in [0.15, 0.2) is 30.3 Å². The Hall–Kier alpha value is -2.30. The lowest BCUT2D eigenvalue weighted by Crippen LogP contribution is -2.32. The predicted molar refractivity (Wildman–Crippen MR) is 83.8 cm³/mol. The summed E-state index contributed by atoms with van der Waals surface area (Å²) in [7, 11) is 1.79. The average molecular weight is 286 g/mol. The summed E-state index contributed by atoms with van der Waals surface area (Å²) < 4.78 is 1.63. The van der Waals surface area contributed by atoms with E-state index < -0.39 is 0 Å². The van der Waals surface area contributed by atoms with Crippen molar-refractivity contribution >= 4 is 11.6 Å².